The molecule has 1 N–H and O–H groups in total. The Balaban J connectivity index is 3.04. The number of nitroso groups, excluding NO2 is 1. The highest BCUT2D eigenvalue weighted by atomic mass is 16.5. The van der Waals surface area contributed by atoms with E-state index in [1.54, 1.807) is 0 Å². The fourth-order valence-corrected chi connectivity index (χ4v) is 3.09. The van der Waals surface area contributed by atoms with Gasteiger partial charge in [0.2, 0.25) is 0 Å². The van der Waals surface area contributed by atoms with Crippen LogP contribution in [-0.2, 0) is 4.74 Å². The molecule has 0 fully saturated rings. The van der Waals surface area contributed by atoms with Gasteiger partial charge in [0.15, 0.2) is 0 Å². The van der Waals surface area contributed by atoms with E-state index in [0.29, 0.717) is 6.61 Å². The number of hydrogen-bond donors (Lipinski definition) is 1. The minimum Gasteiger partial charge on any atom is -0.394 e. The third kappa shape index (κ3) is 19.7. The maximum absolute atomic E-state index is 10.3. The lowest BCUT2D eigenvalue weighted by Crippen LogP contribution is -2.17. The second-order valence-corrected chi connectivity index (χ2v) is 7.32. The molecule has 0 saturated heterocycles. The first kappa shape index (κ1) is 24.5. The van der Waals surface area contributed by atoms with Crippen molar-refractivity contribution in [1.29, 1.82) is 0 Å². The van der Waals surface area contributed by atoms with Crippen LogP contribution in [0.15, 0.2) is 5.18 Å². The van der Waals surface area contributed by atoms with Crippen LogP contribution < -0.4 is 0 Å². The first-order chi connectivity index (χ1) is 12.3. The van der Waals surface area contributed by atoms with Gasteiger partial charge in [0.05, 0.1) is 13.2 Å². The molecule has 0 bridgehead atoms. The Hall–Kier alpha value is -0.480. The number of nitrogens with zero attached hydrogens (tertiary/aromatic N) is 1. The Morgan fingerprint density at radius 2 is 1.12 bits per heavy atom. The Morgan fingerprint density at radius 3 is 1.48 bits per heavy atom. The molecule has 0 heterocycles. The molecule has 0 aliphatic carbocycles. The Kier molecular flexibility index (Phi) is 21.1. The average molecular weight is 358 g/mol. The van der Waals surface area contributed by atoms with Crippen molar-refractivity contribution in [3.8, 4) is 0 Å². The zero-order chi connectivity index (χ0) is 18.4. The van der Waals surface area contributed by atoms with Gasteiger partial charge in [-0.25, -0.2) is 0 Å². The number of unbranched alkanes of at least 4 members (excludes halogenated alkanes) is 15. The summed E-state index contributed by atoms with van der Waals surface area (Å²) >= 11 is 0. The van der Waals surface area contributed by atoms with Crippen molar-refractivity contribution >= 4 is 0 Å². The van der Waals surface area contributed by atoms with Gasteiger partial charge in [0, 0.05) is 6.61 Å². The van der Waals surface area contributed by atoms with Crippen molar-refractivity contribution in [1.82, 2.24) is 0 Å². The zero-order valence-electron chi connectivity index (χ0n) is 16.7. The second-order valence-electron chi connectivity index (χ2n) is 7.32. The van der Waals surface area contributed by atoms with E-state index in [9.17, 15) is 4.91 Å². The fraction of sp³-hybridized carbons (Fsp3) is 1.00. The molecule has 4 nitrogen and oxygen atoms in total. The monoisotopic (exact) mass is 357 g/mol. The van der Waals surface area contributed by atoms with Gasteiger partial charge in [0.1, 0.15) is 6.04 Å². The number of aliphatic hydroxyl groups excluding tert-OH is 1. The SMILES string of the molecule is CCCCCCCCCCCCCCCCCCOCC(CO)N=O. The molecule has 0 spiro atoms. The molecule has 150 valence electrons. The number of rotatable bonds is 21. The number of hydrogen-bond acceptors (Lipinski definition) is 4. The zero-order valence-corrected chi connectivity index (χ0v) is 16.7. The standard InChI is InChI=1S/C21H43NO3/c1-2-3-4-5-6-7-8-9-10-11-12-13-14-15-16-17-18-25-20-21(19-23)22-24/h21,23H,2-20H2,1H3. The molecule has 0 aliphatic rings. The summed E-state index contributed by atoms with van der Waals surface area (Å²) in [6, 6.07) is -0.596. The van der Waals surface area contributed by atoms with Crippen LogP contribution in [0.3, 0.4) is 0 Å². The van der Waals surface area contributed by atoms with Crippen LogP contribution in [0.5, 0.6) is 0 Å². The molecule has 0 amide bonds. The van der Waals surface area contributed by atoms with E-state index in [1.165, 1.54) is 96.3 Å². The first-order valence-electron chi connectivity index (χ1n) is 10.9. The van der Waals surface area contributed by atoms with Gasteiger partial charge in [-0.3, -0.25) is 0 Å². The van der Waals surface area contributed by atoms with E-state index in [2.05, 4.69) is 12.1 Å². The average Bonchev–Trinajstić information content (AvgIpc) is 2.64. The summed E-state index contributed by atoms with van der Waals surface area (Å²) in [5.74, 6) is 0. The van der Waals surface area contributed by atoms with E-state index >= 15 is 0 Å². The predicted molar refractivity (Wildman–Crippen MR) is 107 cm³/mol. The van der Waals surface area contributed by atoms with Gasteiger partial charge in [-0.1, -0.05) is 108 Å². The molecule has 0 aliphatic heterocycles. The lowest BCUT2D eigenvalue weighted by molar-refractivity contribution is 0.0982. The van der Waals surface area contributed by atoms with E-state index < -0.39 is 6.04 Å². The molecule has 0 rings (SSSR count). The lowest BCUT2D eigenvalue weighted by Gasteiger charge is -2.07. The van der Waals surface area contributed by atoms with Crippen molar-refractivity contribution in [2.45, 2.75) is 116 Å². The maximum Gasteiger partial charge on any atom is 0.138 e. The highest BCUT2D eigenvalue weighted by molar-refractivity contribution is 4.61. The third-order valence-corrected chi connectivity index (χ3v) is 4.81. The van der Waals surface area contributed by atoms with Crippen molar-refractivity contribution in [2.75, 3.05) is 19.8 Å². The van der Waals surface area contributed by atoms with Crippen molar-refractivity contribution in [3.05, 3.63) is 4.91 Å². The molecule has 1 unspecified atom stereocenters. The highest BCUT2D eigenvalue weighted by Crippen LogP contribution is 2.13. The normalized spacial score (nSPS) is 12.4. The minimum absolute atomic E-state index is 0.220. The lowest BCUT2D eigenvalue weighted by atomic mass is 10.0. The quantitative estimate of drug-likeness (QED) is 0.191. The molecule has 25 heavy (non-hydrogen) atoms. The van der Waals surface area contributed by atoms with Crippen LogP contribution in [0.1, 0.15) is 110 Å². The van der Waals surface area contributed by atoms with Crippen LogP contribution in [0.25, 0.3) is 0 Å². The van der Waals surface area contributed by atoms with E-state index in [0.717, 1.165) is 6.42 Å². The Morgan fingerprint density at radius 1 is 0.720 bits per heavy atom. The first-order valence-corrected chi connectivity index (χ1v) is 10.9. The van der Waals surface area contributed by atoms with Gasteiger partial charge >= 0.3 is 0 Å². The molecule has 0 aromatic heterocycles. The smallest absolute Gasteiger partial charge is 0.138 e. The third-order valence-electron chi connectivity index (χ3n) is 4.81. The largest absolute Gasteiger partial charge is 0.394 e. The molecule has 0 aromatic rings. The van der Waals surface area contributed by atoms with E-state index in [4.69, 9.17) is 9.84 Å². The molecule has 0 radical (unpaired) electrons. The predicted octanol–water partition coefficient (Wildman–Crippen LogP) is 6.39. The number of aliphatic hydroxyl groups is 1. The molecule has 1 atom stereocenters. The number of ether oxygens (including phenoxy) is 1. The van der Waals surface area contributed by atoms with E-state index in [1.807, 2.05) is 0 Å². The van der Waals surface area contributed by atoms with Gasteiger partial charge in [-0.2, -0.15) is 4.91 Å². The molecule has 4 heteroatoms. The highest BCUT2D eigenvalue weighted by Gasteiger charge is 2.05. The van der Waals surface area contributed by atoms with Crippen molar-refractivity contribution < 1.29 is 9.84 Å². The summed E-state index contributed by atoms with van der Waals surface area (Å²) < 4.78 is 5.34. The van der Waals surface area contributed by atoms with Crippen LogP contribution in [0, 0.1) is 4.91 Å². The summed E-state index contributed by atoms with van der Waals surface area (Å²) in [7, 11) is 0. The van der Waals surface area contributed by atoms with Gasteiger partial charge in [-0.05, 0) is 6.42 Å². The summed E-state index contributed by atoms with van der Waals surface area (Å²) in [5.41, 5.74) is 0. The molecule has 0 aromatic carbocycles. The maximum atomic E-state index is 10.3. The Bertz CT molecular complexity index is 262. The fourth-order valence-electron chi connectivity index (χ4n) is 3.09. The second kappa shape index (κ2) is 21.6. The van der Waals surface area contributed by atoms with Gasteiger partial charge < -0.3 is 9.84 Å². The van der Waals surface area contributed by atoms with Crippen molar-refractivity contribution in [3.63, 3.8) is 0 Å². The van der Waals surface area contributed by atoms with Gasteiger partial charge in [0.25, 0.3) is 0 Å². The van der Waals surface area contributed by atoms with E-state index in [-0.39, 0.29) is 13.2 Å². The summed E-state index contributed by atoms with van der Waals surface area (Å²) in [4.78, 5) is 10.3. The summed E-state index contributed by atoms with van der Waals surface area (Å²) in [6.45, 7) is 2.98. The summed E-state index contributed by atoms with van der Waals surface area (Å²) in [6.07, 6.45) is 21.8. The topological polar surface area (TPSA) is 58.9 Å². The molecular formula is C21H43NO3. The summed E-state index contributed by atoms with van der Waals surface area (Å²) in [5, 5.41) is 11.6. The van der Waals surface area contributed by atoms with Crippen LogP contribution in [-0.4, -0.2) is 31.0 Å². The minimum atomic E-state index is -0.596. The van der Waals surface area contributed by atoms with Crippen LogP contribution in [0.2, 0.25) is 0 Å². The molecular weight excluding hydrogens is 314 g/mol. The van der Waals surface area contributed by atoms with Crippen molar-refractivity contribution in [2.24, 2.45) is 5.18 Å². The van der Waals surface area contributed by atoms with Crippen LogP contribution >= 0.6 is 0 Å². The van der Waals surface area contributed by atoms with Gasteiger partial charge in [-0.15, -0.1) is 0 Å². The Labute approximate surface area is 156 Å². The van der Waals surface area contributed by atoms with Crippen LogP contribution in [0.4, 0.5) is 0 Å². The molecule has 0 saturated carbocycles.